The fourth-order valence-electron chi connectivity index (χ4n) is 4.20. The Morgan fingerprint density at radius 2 is 2.13 bits per heavy atom. The number of hydrogen-bond acceptors (Lipinski definition) is 3. The summed E-state index contributed by atoms with van der Waals surface area (Å²) in [6.07, 6.45) is 4.94. The number of ether oxygens (including phenoxy) is 1. The molecule has 1 aromatic rings. The Bertz CT molecular complexity index is 670. The fraction of sp³-hybridized carbons (Fsp3) is 0.600. The van der Waals surface area contributed by atoms with Gasteiger partial charge in [-0.25, -0.2) is 0 Å². The Hall–Kier alpha value is -1.48. The van der Waals surface area contributed by atoms with Crippen LogP contribution in [0.4, 0.5) is 0 Å². The summed E-state index contributed by atoms with van der Waals surface area (Å²) in [6, 6.07) is 4.13. The molecular formula is C20H27NO2. The Morgan fingerprint density at radius 1 is 1.35 bits per heavy atom. The number of rotatable bonds is 3. The van der Waals surface area contributed by atoms with Crippen LogP contribution in [0.3, 0.4) is 0 Å². The maximum Gasteiger partial charge on any atom is 0.132 e. The predicted octanol–water partition coefficient (Wildman–Crippen LogP) is 4.21. The van der Waals surface area contributed by atoms with Gasteiger partial charge in [0.05, 0.1) is 5.56 Å². The first-order valence-electron chi connectivity index (χ1n) is 8.95. The molecule has 0 amide bonds. The molecule has 23 heavy (non-hydrogen) atoms. The Balaban J connectivity index is 1.77. The van der Waals surface area contributed by atoms with Gasteiger partial charge in [-0.05, 0) is 73.9 Å². The standard InChI is InChI=1S/C20H27NO2/c1-12(8-13-4-5-13)14-9-17(22)19-15-11-21-7-6-16(15)20(2,3)23-18(19)10-14/h9-10,12-13,21-22H,4-8,11H2,1-3H3. The molecule has 2 heterocycles. The molecule has 1 atom stereocenters. The van der Waals surface area contributed by atoms with Crippen molar-refractivity contribution in [3.63, 3.8) is 0 Å². The van der Waals surface area contributed by atoms with Gasteiger partial charge in [0.2, 0.25) is 0 Å². The Labute approximate surface area is 138 Å². The van der Waals surface area contributed by atoms with Crippen molar-refractivity contribution in [2.24, 2.45) is 5.92 Å². The van der Waals surface area contributed by atoms with Crippen molar-refractivity contribution in [3.8, 4) is 11.5 Å². The van der Waals surface area contributed by atoms with Crippen LogP contribution >= 0.6 is 0 Å². The van der Waals surface area contributed by atoms with E-state index in [4.69, 9.17) is 4.74 Å². The summed E-state index contributed by atoms with van der Waals surface area (Å²) in [5, 5.41) is 14.1. The molecule has 1 aromatic carbocycles. The second kappa shape index (κ2) is 5.27. The molecule has 3 aliphatic rings. The zero-order valence-corrected chi connectivity index (χ0v) is 14.4. The van der Waals surface area contributed by atoms with Crippen LogP contribution in [0.2, 0.25) is 0 Å². The molecule has 1 saturated carbocycles. The predicted molar refractivity (Wildman–Crippen MR) is 93.0 cm³/mol. The van der Waals surface area contributed by atoms with E-state index in [9.17, 15) is 5.11 Å². The van der Waals surface area contributed by atoms with Crippen molar-refractivity contribution >= 4 is 5.57 Å². The quantitative estimate of drug-likeness (QED) is 0.878. The van der Waals surface area contributed by atoms with Crippen LogP contribution < -0.4 is 10.1 Å². The summed E-state index contributed by atoms with van der Waals surface area (Å²) in [5.74, 6) is 2.60. The van der Waals surface area contributed by atoms with Gasteiger partial charge < -0.3 is 15.2 Å². The molecule has 3 nitrogen and oxygen atoms in total. The van der Waals surface area contributed by atoms with Crippen molar-refractivity contribution < 1.29 is 9.84 Å². The highest BCUT2D eigenvalue weighted by molar-refractivity contribution is 5.82. The minimum atomic E-state index is -0.283. The number of nitrogens with one attached hydrogen (secondary N) is 1. The van der Waals surface area contributed by atoms with Crippen LogP contribution in [-0.4, -0.2) is 23.8 Å². The maximum atomic E-state index is 10.7. The van der Waals surface area contributed by atoms with Crippen LogP contribution in [0.1, 0.15) is 63.5 Å². The van der Waals surface area contributed by atoms with Crippen LogP contribution in [0.15, 0.2) is 17.7 Å². The van der Waals surface area contributed by atoms with Crippen LogP contribution in [-0.2, 0) is 0 Å². The van der Waals surface area contributed by atoms with Gasteiger partial charge in [-0.2, -0.15) is 0 Å². The summed E-state index contributed by atoms with van der Waals surface area (Å²) in [4.78, 5) is 0. The third-order valence-electron chi connectivity index (χ3n) is 5.67. The van der Waals surface area contributed by atoms with E-state index in [0.29, 0.717) is 11.7 Å². The van der Waals surface area contributed by atoms with E-state index in [2.05, 4.69) is 32.2 Å². The number of phenols is 1. The largest absolute Gasteiger partial charge is 0.507 e. The van der Waals surface area contributed by atoms with Gasteiger partial charge in [0.1, 0.15) is 17.1 Å². The Morgan fingerprint density at radius 3 is 2.87 bits per heavy atom. The van der Waals surface area contributed by atoms with Gasteiger partial charge in [0, 0.05) is 6.54 Å². The number of aromatic hydroxyl groups is 1. The molecule has 1 fully saturated rings. The first kappa shape index (κ1) is 15.1. The average Bonchev–Trinajstić information content (AvgIpc) is 3.30. The molecule has 3 heteroatoms. The zero-order chi connectivity index (χ0) is 16.2. The summed E-state index contributed by atoms with van der Waals surface area (Å²) in [5.41, 5.74) is 4.40. The smallest absolute Gasteiger partial charge is 0.132 e. The van der Waals surface area contributed by atoms with Crippen molar-refractivity contribution in [2.75, 3.05) is 13.1 Å². The van der Waals surface area contributed by atoms with Gasteiger partial charge >= 0.3 is 0 Å². The molecule has 124 valence electrons. The summed E-state index contributed by atoms with van der Waals surface area (Å²) >= 11 is 0. The highest BCUT2D eigenvalue weighted by atomic mass is 16.5. The van der Waals surface area contributed by atoms with E-state index >= 15 is 0 Å². The van der Waals surface area contributed by atoms with E-state index < -0.39 is 0 Å². The zero-order valence-electron chi connectivity index (χ0n) is 14.4. The second-order valence-corrected chi connectivity index (χ2v) is 7.99. The highest BCUT2D eigenvalue weighted by Crippen LogP contribution is 2.48. The molecule has 4 rings (SSSR count). The minimum Gasteiger partial charge on any atom is -0.507 e. The van der Waals surface area contributed by atoms with E-state index in [1.807, 2.05) is 6.07 Å². The lowest BCUT2D eigenvalue weighted by Gasteiger charge is -2.40. The van der Waals surface area contributed by atoms with Crippen LogP contribution in [0, 0.1) is 5.92 Å². The normalized spacial score (nSPS) is 23.8. The minimum absolute atomic E-state index is 0.283. The number of hydrogen-bond donors (Lipinski definition) is 2. The molecule has 0 spiro atoms. The van der Waals surface area contributed by atoms with Gasteiger partial charge in [-0.3, -0.25) is 0 Å². The molecule has 1 unspecified atom stereocenters. The lowest BCUT2D eigenvalue weighted by Crippen LogP contribution is -2.40. The summed E-state index contributed by atoms with van der Waals surface area (Å²) in [6.45, 7) is 8.36. The maximum absolute atomic E-state index is 10.7. The molecule has 2 N–H and O–H groups in total. The van der Waals surface area contributed by atoms with Crippen molar-refractivity contribution in [1.82, 2.24) is 5.32 Å². The molecule has 0 saturated heterocycles. The third-order valence-corrected chi connectivity index (χ3v) is 5.67. The van der Waals surface area contributed by atoms with Gasteiger partial charge in [-0.15, -0.1) is 0 Å². The van der Waals surface area contributed by atoms with Crippen molar-refractivity contribution in [1.29, 1.82) is 0 Å². The second-order valence-electron chi connectivity index (χ2n) is 7.99. The number of phenolic OH excluding ortho intramolecular Hbond substituents is 1. The molecule has 0 aromatic heterocycles. The average molecular weight is 313 g/mol. The lowest BCUT2D eigenvalue weighted by molar-refractivity contribution is 0.137. The van der Waals surface area contributed by atoms with E-state index in [1.165, 1.54) is 36.0 Å². The molecule has 2 aliphatic heterocycles. The third kappa shape index (κ3) is 2.65. The number of benzene rings is 1. The molecule has 0 bridgehead atoms. The van der Waals surface area contributed by atoms with Crippen molar-refractivity contribution in [2.45, 2.75) is 58.0 Å². The van der Waals surface area contributed by atoms with Crippen molar-refractivity contribution in [3.05, 3.63) is 28.8 Å². The number of fused-ring (bicyclic) bond motifs is 2. The summed E-state index contributed by atoms with van der Waals surface area (Å²) < 4.78 is 6.34. The first-order chi connectivity index (χ1) is 11.0. The van der Waals surface area contributed by atoms with Crippen LogP contribution in [0.25, 0.3) is 5.57 Å². The van der Waals surface area contributed by atoms with Gasteiger partial charge in [0.15, 0.2) is 0 Å². The topological polar surface area (TPSA) is 41.5 Å². The Kier molecular flexibility index (Phi) is 3.45. The fourth-order valence-corrected chi connectivity index (χ4v) is 4.20. The summed E-state index contributed by atoms with van der Waals surface area (Å²) in [7, 11) is 0. The lowest BCUT2D eigenvalue weighted by atomic mass is 9.81. The molecule has 1 aliphatic carbocycles. The van der Waals surface area contributed by atoms with Gasteiger partial charge in [0.25, 0.3) is 0 Å². The molecule has 0 radical (unpaired) electrons. The van der Waals surface area contributed by atoms with E-state index in [1.54, 1.807) is 0 Å². The van der Waals surface area contributed by atoms with E-state index in [-0.39, 0.29) is 5.60 Å². The first-order valence-corrected chi connectivity index (χ1v) is 8.95. The van der Waals surface area contributed by atoms with Crippen LogP contribution in [0.5, 0.6) is 11.5 Å². The van der Waals surface area contributed by atoms with Gasteiger partial charge in [-0.1, -0.05) is 19.8 Å². The van der Waals surface area contributed by atoms with E-state index in [0.717, 1.165) is 36.7 Å². The highest BCUT2D eigenvalue weighted by Gasteiger charge is 2.37. The monoisotopic (exact) mass is 313 g/mol. The molecular weight excluding hydrogens is 286 g/mol. The SMILES string of the molecule is CC(CC1CC1)c1cc(O)c2c(c1)OC(C)(C)C1=C2CNCC1.